The fourth-order valence-electron chi connectivity index (χ4n) is 3.72. The molecule has 2 rings (SSSR count). The molecule has 0 amide bonds. The zero-order valence-electron chi connectivity index (χ0n) is 15.6. The maximum absolute atomic E-state index is 12.1. The van der Waals surface area contributed by atoms with E-state index in [1.807, 2.05) is 26.8 Å². The van der Waals surface area contributed by atoms with E-state index in [4.69, 9.17) is 14.7 Å². The summed E-state index contributed by atoms with van der Waals surface area (Å²) in [5.41, 5.74) is 0.544. The van der Waals surface area contributed by atoms with E-state index in [-0.39, 0.29) is 23.2 Å². The second-order valence-corrected chi connectivity index (χ2v) is 8.01. The largest absolute Gasteiger partial charge is 0.370 e. The van der Waals surface area contributed by atoms with Gasteiger partial charge in [-0.15, -0.1) is 0 Å². The van der Waals surface area contributed by atoms with Crippen LogP contribution >= 0.6 is 0 Å². The van der Waals surface area contributed by atoms with Crippen LogP contribution in [0.25, 0.3) is 0 Å². The van der Waals surface area contributed by atoms with Gasteiger partial charge in [-0.25, -0.2) is 0 Å². The highest BCUT2D eigenvalue weighted by atomic mass is 16.6. The highest BCUT2D eigenvalue weighted by molar-refractivity contribution is 5.82. The van der Waals surface area contributed by atoms with Crippen LogP contribution in [0.15, 0.2) is 11.6 Å². The predicted octanol–water partition coefficient (Wildman–Crippen LogP) is 4.34. The van der Waals surface area contributed by atoms with E-state index in [1.54, 1.807) is 0 Å². The number of hydrogen-bond donors (Lipinski definition) is 0. The molecule has 2 aliphatic heterocycles. The normalized spacial score (nSPS) is 32.9. The first-order valence-corrected chi connectivity index (χ1v) is 9.15. The summed E-state index contributed by atoms with van der Waals surface area (Å²) in [5.74, 6) is 0.408. The molecular weight excluding hydrogens is 302 g/mol. The number of carbonyl (C=O) groups excluding carboxylic acids is 1. The van der Waals surface area contributed by atoms with Crippen molar-refractivity contribution in [2.75, 3.05) is 6.61 Å². The number of nitriles is 1. The van der Waals surface area contributed by atoms with Gasteiger partial charge in [0.15, 0.2) is 0 Å². The summed E-state index contributed by atoms with van der Waals surface area (Å²) >= 11 is 0. The van der Waals surface area contributed by atoms with E-state index in [0.717, 1.165) is 32.1 Å². The number of nitrogens with zero attached hydrogens (tertiary/aromatic N) is 1. The average Bonchev–Trinajstić information content (AvgIpc) is 2.91. The number of allylic oxidation sites excluding steroid dienone is 2. The number of ketones is 1. The molecule has 4 heteroatoms. The van der Waals surface area contributed by atoms with Crippen LogP contribution in [0.4, 0.5) is 0 Å². The van der Waals surface area contributed by atoms with Crippen molar-refractivity contribution in [3.63, 3.8) is 0 Å². The number of hydrogen-bond acceptors (Lipinski definition) is 4. The molecule has 0 spiro atoms. The van der Waals surface area contributed by atoms with Crippen molar-refractivity contribution in [2.45, 2.75) is 89.9 Å². The smallest absolute Gasteiger partial charge is 0.139 e. The fourth-order valence-corrected chi connectivity index (χ4v) is 3.72. The van der Waals surface area contributed by atoms with Crippen LogP contribution in [-0.4, -0.2) is 29.7 Å². The van der Waals surface area contributed by atoms with Crippen molar-refractivity contribution in [1.82, 2.24) is 0 Å². The van der Waals surface area contributed by atoms with Gasteiger partial charge in [0.25, 0.3) is 0 Å². The quantitative estimate of drug-likeness (QED) is 0.620. The Bertz CT molecular complexity index is 531. The fraction of sp³-hybridized carbons (Fsp3) is 0.800. The predicted molar refractivity (Wildman–Crippen MR) is 93.5 cm³/mol. The van der Waals surface area contributed by atoms with Crippen LogP contribution in [0.1, 0.15) is 72.6 Å². The molecule has 24 heavy (non-hydrogen) atoms. The van der Waals surface area contributed by atoms with E-state index < -0.39 is 0 Å². The first kappa shape index (κ1) is 19.1. The Hall–Kier alpha value is -1.18. The van der Waals surface area contributed by atoms with Gasteiger partial charge < -0.3 is 9.47 Å². The van der Waals surface area contributed by atoms with Crippen LogP contribution < -0.4 is 0 Å². The maximum Gasteiger partial charge on any atom is 0.139 e. The molecule has 2 fully saturated rings. The molecule has 0 N–H and O–H groups in total. The van der Waals surface area contributed by atoms with Gasteiger partial charge >= 0.3 is 0 Å². The summed E-state index contributed by atoms with van der Waals surface area (Å²) in [6.45, 7) is 8.70. The summed E-state index contributed by atoms with van der Waals surface area (Å²) in [5, 5.41) is 8.97. The van der Waals surface area contributed by atoms with Crippen LogP contribution in [0.3, 0.4) is 0 Å². The average molecular weight is 333 g/mol. The lowest BCUT2D eigenvalue weighted by Gasteiger charge is -2.43. The van der Waals surface area contributed by atoms with E-state index in [1.165, 1.54) is 5.57 Å². The molecule has 0 aliphatic carbocycles. The van der Waals surface area contributed by atoms with Gasteiger partial charge in [0, 0.05) is 12.3 Å². The van der Waals surface area contributed by atoms with E-state index in [2.05, 4.69) is 13.0 Å². The molecule has 0 aromatic heterocycles. The van der Waals surface area contributed by atoms with Gasteiger partial charge in [-0.1, -0.05) is 18.6 Å². The lowest BCUT2D eigenvalue weighted by atomic mass is 9.88. The molecule has 0 aromatic rings. The topological polar surface area (TPSA) is 59.3 Å². The zero-order valence-corrected chi connectivity index (χ0v) is 15.6. The Kier molecular flexibility index (Phi) is 6.22. The van der Waals surface area contributed by atoms with Crippen LogP contribution in [0, 0.1) is 17.2 Å². The molecule has 0 aromatic carbocycles. The third-order valence-corrected chi connectivity index (χ3v) is 5.57. The summed E-state index contributed by atoms with van der Waals surface area (Å²) in [6, 6.07) is 2.23. The second-order valence-electron chi connectivity index (χ2n) is 8.01. The first-order chi connectivity index (χ1) is 11.3. The molecule has 1 unspecified atom stereocenters. The Morgan fingerprint density at radius 3 is 2.88 bits per heavy atom. The number of fused-ring (bicyclic) bond motifs is 2. The van der Waals surface area contributed by atoms with E-state index in [9.17, 15) is 4.79 Å². The number of Topliss-reactive ketones (excluding diaryl/α,β-unsaturated/α-hetero) is 1. The molecule has 2 bridgehead atoms. The third-order valence-electron chi connectivity index (χ3n) is 5.57. The molecular formula is C20H31NO3. The van der Waals surface area contributed by atoms with Crippen molar-refractivity contribution in [2.24, 2.45) is 5.92 Å². The minimum absolute atomic E-state index is 0.0799. The lowest BCUT2D eigenvalue weighted by molar-refractivity contribution is -0.239. The van der Waals surface area contributed by atoms with Gasteiger partial charge in [-0.2, -0.15) is 5.26 Å². The molecule has 0 radical (unpaired) electrons. The minimum Gasteiger partial charge on any atom is -0.370 e. The lowest BCUT2D eigenvalue weighted by Crippen LogP contribution is -2.52. The Morgan fingerprint density at radius 1 is 1.46 bits per heavy atom. The van der Waals surface area contributed by atoms with Gasteiger partial charge in [0.1, 0.15) is 11.4 Å². The number of carbonyl (C=O) groups is 1. The summed E-state index contributed by atoms with van der Waals surface area (Å²) in [7, 11) is 0. The molecule has 4 atom stereocenters. The molecule has 0 saturated carbocycles. The highest BCUT2D eigenvalue weighted by Gasteiger charge is 2.53. The summed E-state index contributed by atoms with van der Waals surface area (Å²) in [4.78, 5) is 12.1. The third kappa shape index (κ3) is 4.46. The second kappa shape index (κ2) is 7.80. The van der Waals surface area contributed by atoms with Gasteiger partial charge in [0.05, 0.1) is 30.8 Å². The van der Waals surface area contributed by atoms with Gasteiger partial charge in [-0.05, 0) is 52.9 Å². The van der Waals surface area contributed by atoms with Crippen LogP contribution in [0.5, 0.6) is 0 Å². The molecule has 2 saturated heterocycles. The molecule has 2 aliphatic rings. The molecule has 2 heterocycles. The zero-order chi connectivity index (χ0) is 17.8. The first-order valence-electron chi connectivity index (χ1n) is 9.15. The summed E-state index contributed by atoms with van der Waals surface area (Å²) in [6.07, 6.45) is 7.68. The van der Waals surface area contributed by atoms with E-state index >= 15 is 0 Å². The SMILES string of the molecule is CC(C)=CCC(=O)C(C)CCC[C@]1(C)OC[C@@]2(CC#N)CC[C@H]1O2. The van der Waals surface area contributed by atoms with Crippen LogP contribution in [-0.2, 0) is 14.3 Å². The van der Waals surface area contributed by atoms with Gasteiger partial charge in [-0.3, -0.25) is 4.79 Å². The Labute approximate surface area is 146 Å². The van der Waals surface area contributed by atoms with Gasteiger partial charge in [0.2, 0.25) is 0 Å². The number of ether oxygens (including phenoxy) is 2. The van der Waals surface area contributed by atoms with Crippen molar-refractivity contribution in [3.8, 4) is 6.07 Å². The van der Waals surface area contributed by atoms with E-state index in [0.29, 0.717) is 25.2 Å². The monoisotopic (exact) mass is 333 g/mol. The Balaban J connectivity index is 1.79. The van der Waals surface area contributed by atoms with Crippen LogP contribution in [0.2, 0.25) is 0 Å². The Morgan fingerprint density at radius 2 is 2.21 bits per heavy atom. The van der Waals surface area contributed by atoms with Crippen molar-refractivity contribution < 1.29 is 14.3 Å². The highest BCUT2D eigenvalue weighted by Crippen LogP contribution is 2.46. The minimum atomic E-state index is -0.369. The maximum atomic E-state index is 12.1. The molecule has 4 nitrogen and oxygen atoms in total. The van der Waals surface area contributed by atoms with Crippen molar-refractivity contribution in [1.29, 1.82) is 5.26 Å². The standard InChI is InChI=1S/C20H31NO3/c1-15(2)7-8-17(22)16(3)6-5-10-19(4)18-9-11-20(24-18,12-13-21)14-23-19/h7,16,18H,5-6,8-12,14H2,1-4H3/t16?,18-,19+,20+/m1/s1. The molecule has 134 valence electrons. The summed E-state index contributed by atoms with van der Waals surface area (Å²) < 4.78 is 12.3. The number of rotatable bonds is 8. The van der Waals surface area contributed by atoms with Crippen molar-refractivity contribution in [3.05, 3.63) is 11.6 Å². The van der Waals surface area contributed by atoms with Crippen molar-refractivity contribution >= 4 is 5.78 Å².